The van der Waals surface area contributed by atoms with E-state index in [9.17, 15) is 38.7 Å². The maximum Gasteiger partial charge on any atom is 0.308 e. The summed E-state index contributed by atoms with van der Waals surface area (Å²) in [6.45, 7) is 14.1. The van der Waals surface area contributed by atoms with E-state index in [1.165, 1.54) is 0 Å². The summed E-state index contributed by atoms with van der Waals surface area (Å²) in [5, 5.41) is 13.0. The van der Waals surface area contributed by atoms with Crippen molar-refractivity contribution in [2.45, 2.75) is 469 Å². The van der Waals surface area contributed by atoms with Crippen molar-refractivity contribution in [3.8, 4) is 0 Å². The smallest absolute Gasteiger partial charge is 0.308 e. The predicted molar refractivity (Wildman–Crippen MR) is 394 cm³/mol. The highest BCUT2D eigenvalue weighted by Crippen LogP contribution is 2.36. The molecule has 2 saturated heterocycles. The first kappa shape index (κ1) is 92.2. The quantitative estimate of drug-likeness (QED) is 0.0339. The van der Waals surface area contributed by atoms with Crippen LogP contribution >= 0.6 is 0 Å². The number of unbranched alkanes of at least 4 members (excludes halogenated alkanes) is 42. The molecule has 2 rings (SSSR count). The van der Waals surface area contributed by atoms with Crippen molar-refractivity contribution in [2.75, 3.05) is 13.2 Å². The Morgan fingerprint density at radius 1 is 0.240 bits per heavy atom. The molecule has 1 N–H and O–H groups in total. The number of hydrogen-bond acceptors (Lipinski definition) is 18. The van der Waals surface area contributed by atoms with E-state index in [1.54, 1.807) is 0 Å². The molecule has 0 aromatic carbocycles. The molecule has 0 aliphatic carbocycles. The second-order valence-corrected chi connectivity index (χ2v) is 29.0. The van der Waals surface area contributed by atoms with E-state index >= 15 is 0 Å². The van der Waals surface area contributed by atoms with Crippen molar-refractivity contribution in [3.05, 3.63) is 0 Å². The summed E-state index contributed by atoms with van der Waals surface area (Å²) in [5.41, 5.74) is 0. The fourth-order valence-electron chi connectivity index (χ4n) is 13.2. The lowest BCUT2D eigenvalue weighted by atomic mass is 9.96. The third-order valence-corrected chi connectivity index (χ3v) is 19.5. The molecule has 100 heavy (non-hydrogen) atoms. The molecule has 0 aromatic heterocycles. The van der Waals surface area contributed by atoms with Gasteiger partial charge >= 0.3 is 41.8 Å². The first-order valence-electron chi connectivity index (χ1n) is 41.7. The lowest BCUT2D eigenvalue weighted by Gasteiger charge is -2.48. The Labute approximate surface area is 607 Å². The summed E-state index contributed by atoms with van der Waals surface area (Å²) in [5.74, 6) is -4.35. The number of carbonyl (C=O) groups is 7. The number of esters is 7. The molecule has 0 spiro atoms. The number of aliphatic hydroxyl groups excluding tert-OH is 1. The fourth-order valence-corrected chi connectivity index (χ4v) is 13.2. The van der Waals surface area contributed by atoms with Crippen LogP contribution in [0, 0.1) is 0 Å². The van der Waals surface area contributed by atoms with E-state index in [2.05, 4.69) is 48.5 Å². The second-order valence-electron chi connectivity index (χ2n) is 29.0. The van der Waals surface area contributed by atoms with Gasteiger partial charge in [0, 0.05) is 44.9 Å². The molecule has 2 fully saturated rings. The van der Waals surface area contributed by atoms with Crippen molar-refractivity contribution in [3.63, 3.8) is 0 Å². The molecular weight excluding hydrogens is 1270 g/mol. The van der Waals surface area contributed by atoms with Gasteiger partial charge in [-0.15, -0.1) is 0 Å². The topological polar surface area (TPSA) is 232 Å². The van der Waals surface area contributed by atoms with Crippen LogP contribution in [0.1, 0.15) is 408 Å². The number of carbonyl (C=O) groups excluding carboxylic acids is 7. The second kappa shape index (κ2) is 63.6. The number of rotatable bonds is 67. The molecule has 2 heterocycles. The minimum absolute atomic E-state index is 0.00625. The standard InChI is InChI=1S/C82H148O18/c1-8-15-22-29-36-43-50-57-68(83)91-64-66-76(75(90)78(96-71(86)60-53-46-39-32-25-18-11-4)81(93-66)99-74(89)63-56-49-42-35-28-21-14-7)100-82-80(98-73(88)62-55-48-41-34-27-20-13-6)79(97-72(87)61-54-47-40-33-26-19-12-5)77(95-70(85)59-52-45-38-31-24-17-10-3)67(94-82)65-92-69(84)58-51-44-37-30-23-16-9-2/h66-67,75-82,90H,8-65H2,1-7H3/t66-,67-,75+,76-,77-,78-,79+,80-,81+,82+/m1/s1. The lowest BCUT2D eigenvalue weighted by Crippen LogP contribution is -2.67. The summed E-state index contributed by atoms with van der Waals surface area (Å²) in [4.78, 5) is 99.1. The Hall–Kier alpha value is -3.87. The van der Waals surface area contributed by atoms with Gasteiger partial charge < -0.3 is 52.5 Å². The zero-order chi connectivity index (χ0) is 72.9. The Bertz CT molecular complexity index is 2030. The summed E-state index contributed by atoms with van der Waals surface area (Å²) in [6.07, 6.45) is 30.1. The normalized spacial score (nSPS) is 20.6. The van der Waals surface area contributed by atoms with E-state index in [1.807, 2.05) is 0 Å². The first-order valence-corrected chi connectivity index (χ1v) is 41.7. The first-order chi connectivity index (χ1) is 48.8. The van der Waals surface area contributed by atoms with Crippen LogP contribution in [0.4, 0.5) is 0 Å². The Kier molecular flexibility index (Phi) is 58.6. The maximum absolute atomic E-state index is 14.6. The zero-order valence-corrected chi connectivity index (χ0v) is 64.7. The molecule has 584 valence electrons. The summed E-state index contributed by atoms with van der Waals surface area (Å²) in [7, 11) is 0. The molecule has 0 aromatic rings. The molecule has 0 radical (unpaired) electrons. The van der Waals surface area contributed by atoms with E-state index in [4.69, 9.17) is 47.4 Å². The van der Waals surface area contributed by atoms with Gasteiger partial charge in [0.2, 0.25) is 6.29 Å². The lowest BCUT2D eigenvalue weighted by molar-refractivity contribution is -0.357. The van der Waals surface area contributed by atoms with Crippen LogP contribution in [0.15, 0.2) is 0 Å². The van der Waals surface area contributed by atoms with Gasteiger partial charge in [-0.3, -0.25) is 33.6 Å². The van der Waals surface area contributed by atoms with Gasteiger partial charge in [-0.05, 0) is 44.9 Å². The Balaban J connectivity index is 2.91. The summed E-state index contributed by atoms with van der Waals surface area (Å²) in [6, 6.07) is 0. The minimum atomic E-state index is -1.89. The van der Waals surface area contributed by atoms with Gasteiger partial charge in [-0.2, -0.15) is 0 Å². The van der Waals surface area contributed by atoms with Gasteiger partial charge in [0.15, 0.2) is 30.7 Å². The fraction of sp³-hybridized carbons (Fsp3) is 0.915. The highest BCUT2D eigenvalue weighted by molar-refractivity contribution is 5.73. The molecule has 0 amide bonds. The van der Waals surface area contributed by atoms with Crippen LogP contribution in [0.5, 0.6) is 0 Å². The van der Waals surface area contributed by atoms with E-state index in [-0.39, 0.29) is 44.9 Å². The molecule has 18 heteroatoms. The molecule has 2 aliphatic rings. The molecule has 2 aliphatic heterocycles. The van der Waals surface area contributed by atoms with Crippen LogP contribution < -0.4 is 0 Å². The molecule has 0 saturated carbocycles. The molecule has 0 unspecified atom stereocenters. The van der Waals surface area contributed by atoms with Crippen molar-refractivity contribution in [1.82, 2.24) is 0 Å². The average Bonchev–Trinajstić information content (AvgIpc) is 0.769. The van der Waals surface area contributed by atoms with Crippen LogP contribution in [-0.2, 0) is 80.9 Å². The number of hydrogen-bond donors (Lipinski definition) is 1. The van der Waals surface area contributed by atoms with Crippen LogP contribution in [0.3, 0.4) is 0 Å². The summed E-state index contributed by atoms with van der Waals surface area (Å²) < 4.78 is 64.0. The largest absolute Gasteiger partial charge is 0.463 e. The molecule has 0 bridgehead atoms. The highest BCUT2D eigenvalue weighted by atomic mass is 16.8. The van der Waals surface area contributed by atoms with Crippen molar-refractivity contribution >= 4 is 41.8 Å². The summed E-state index contributed by atoms with van der Waals surface area (Å²) >= 11 is 0. The molecular formula is C82H148O18. The maximum atomic E-state index is 14.6. The third-order valence-electron chi connectivity index (χ3n) is 19.5. The monoisotopic (exact) mass is 1420 g/mol. The van der Waals surface area contributed by atoms with Gasteiger partial charge in [0.05, 0.1) is 0 Å². The Morgan fingerprint density at radius 3 is 0.760 bits per heavy atom. The zero-order valence-electron chi connectivity index (χ0n) is 64.7. The van der Waals surface area contributed by atoms with Gasteiger partial charge in [-0.25, -0.2) is 0 Å². The van der Waals surface area contributed by atoms with Gasteiger partial charge in [0.1, 0.15) is 37.6 Å². The van der Waals surface area contributed by atoms with E-state index < -0.39 is 116 Å². The van der Waals surface area contributed by atoms with E-state index in [0.717, 1.165) is 270 Å². The van der Waals surface area contributed by atoms with Crippen molar-refractivity contribution < 1.29 is 86.0 Å². The SMILES string of the molecule is CCCCCCCCCC(=O)OC[C@H]1O[C@@H](OC(=O)CCCCCCCCC)[C@H](OC(=O)CCCCCCCCC)[C@@H](O)[C@@H]1O[C@@H]1O[C@H](COC(=O)CCCCCCCCC)[C@@H](OC(=O)CCCCCCCCC)[C@H](OC(=O)CCCCCCCCC)[C@H]1OC(=O)CCCCCCCCC. The van der Waals surface area contributed by atoms with Crippen LogP contribution in [0.2, 0.25) is 0 Å². The highest BCUT2D eigenvalue weighted by Gasteiger charge is 2.57. The van der Waals surface area contributed by atoms with E-state index in [0.29, 0.717) is 44.9 Å². The van der Waals surface area contributed by atoms with Crippen LogP contribution in [0.25, 0.3) is 0 Å². The van der Waals surface area contributed by atoms with Crippen molar-refractivity contribution in [2.24, 2.45) is 0 Å². The van der Waals surface area contributed by atoms with Gasteiger partial charge in [-0.1, -0.05) is 318 Å². The third kappa shape index (κ3) is 46.1. The Morgan fingerprint density at radius 2 is 0.460 bits per heavy atom. The molecule has 18 nitrogen and oxygen atoms in total. The predicted octanol–water partition coefficient (Wildman–Crippen LogP) is 20.4. The minimum Gasteiger partial charge on any atom is -0.463 e. The number of ether oxygens (including phenoxy) is 10. The van der Waals surface area contributed by atoms with Crippen LogP contribution in [-0.4, -0.2) is 122 Å². The molecule has 10 atom stereocenters. The average molecular weight is 1420 g/mol. The number of aliphatic hydroxyl groups is 1. The van der Waals surface area contributed by atoms with Gasteiger partial charge in [0.25, 0.3) is 0 Å². The van der Waals surface area contributed by atoms with Crippen molar-refractivity contribution in [1.29, 1.82) is 0 Å².